The molecular formula is C15H20N4O3. The Kier molecular flexibility index (Phi) is 3.67. The Labute approximate surface area is 129 Å². The van der Waals surface area contributed by atoms with Crippen LogP contribution in [0.3, 0.4) is 0 Å². The third-order valence-electron chi connectivity index (χ3n) is 4.79. The molecule has 0 unspecified atom stereocenters. The van der Waals surface area contributed by atoms with E-state index in [0.29, 0.717) is 32.3 Å². The Morgan fingerprint density at radius 1 is 1.23 bits per heavy atom. The lowest BCUT2D eigenvalue weighted by Crippen LogP contribution is -2.45. The van der Waals surface area contributed by atoms with Crippen molar-refractivity contribution in [3.8, 4) is 0 Å². The van der Waals surface area contributed by atoms with Crippen LogP contribution in [0.4, 0.5) is 5.95 Å². The summed E-state index contributed by atoms with van der Waals surface area (Å²) >= 11 is 0. The van der Waals surface area contributed by atoms with Crippen LogP contribution >= 0.6 is 0 Å². The highest BCUT2D eigenvalue weighted by Crippen LogP contribution is 2.36. The van der Waals surface area contributed by atoms with Gasteiger partial charge in [0.05, 0.1) is 32.3 Å². The van der Waals surface area contributed by atoms with Crippen LogP contribution in [-0.2, 0) is 14.4 Å². The summed E-state index contributed by atoms with van der Waals surface area (Å²) in [7, 11) is 0. The number of anilines is 1. The molecule has 4 rings (SSSR count). The van der Waals surface area contributed by atoms with E-state index in [0.717, 1.165) is 25.5 Å². The first-order valence-corrected chi connectivity index (χ1v) is 7.87. The van der Waals surface area contributed by atoms with Gasteiger partial charge in [0.1, 0.15) is 0 Å². The van der Waals surface area contributed by atoms with Crippen molar-refractivity contribution in [3.63, 3.8) is 0 Å². The molecule has 3 atom stereocenters. The second-order valence-corrected chi connectivity index (χ2v) is 6.15. The first-order valence-electron chi connectivity index (χ1n) is 7.87. The van der Waals surface area contributed by atoms with Crippen molar-refractivity contribution in [2.45, 2.75) is 6.42 Å². The minimum atomic E-state index is -0.120. The largest absolute Gasteiger partial charge is 0.380 e. The van der Waals surface area contributed by atoms with E-state index in [9.17, 15) is 4.79 Å². The van der Waals surface area contributed by atoms with E-state index < -0.39 is 0 Å². The van der Waals surface area contributed by atoms with Crippen molar-refractivity contribution in [2.75, 3.05) is 44.4 Å². The molecule has 7 nitrogen and oxygen atoms in total. The third-order valence-corrected chi connectivity index (χ3v) is 4.79. The zero-order chi connectivity index (χ0) is 14.9. The lowest BCUT2D eigenvalue weighted by molar-refractivity contribution is -0.181. The number of hydroxylamine groups is 2. The summed E-state index contributed by atoms with van der Waals surface area (Å²) in [6.45, 7) is 4.18. The van der Waals surface area contributed by atoms with Crippen LogP contribution in [-0.4, -0.2) is 60.4 Å². The highest BCUT2D eigenvalue weighted by Gasteiger charge is 2.46. The lowest BCUT2D eigenvalue weighted by Gasteiger charge is -2.33. The van der Waals surface area contributed by atoms with Crippen LogP contribution in [0.5, 0.6) is 0 Å². The maximum absolute atomic E-state index is 12.7. The highest BCUT2D eigenvalue weighted by molar-refractivity contribution is 5.78. The van der Waals surface area contributed by atoms with Gasteiger partial charge in [-0.25, -0.2) is 15.0 Å². The minimum absolute atomic E-state index is 0.0723. The minimum Gasteiger partial charge on any atom is -0.380 e. The van der Waals surface area contributed by atoms with Crippen LogP contribution in [0.25, 0.3) is 0 Å². The summed E-state index contributed by atoms with van der Waals surface area (Å²) < 4.78 is 5.69. The van der Waals surface area contributed by atoms with Gasteiger partial charge in [-0.3, -0.25) is 9.63 Å². The highest BCUT2D eigenvalue weighted by atomic mass is 16.7. The molecule has 1 amide bonds. The van der Waals surface area contributed by atoms with Crippen molar-refractivity contribution in [1.29, 1.82) is 0 Å². The van der Waals surface area contributed by atoms with Gasteiger partial charge in [0.15, 0.2) is 0 Å². The first-order chi connectivity index (χ1) is 10.8. The molecule has 0 N–H and O–H groups in total. The molecule has 3 aliphatic heterocycles. The molecule has 7 heteroatoms. The van der Waals surface area contributed by atoms with Gasteiger partial charge in [0.2, 0.25) is 5.95 Å². The van der Waals surface area contributed by atoms with Gasteiger partial charge in [0, 0.05) is 31.4 Å². The second-order valence-electron chi connectivity index (χ2n) is 6.15. The fourth-order valence-electron chi connectivity index (χ4n) is 3.68. The number of nitrogens with zero attached hydrogens (tertiary/aromatic N) is 4. The molecule has 22 heavy (non-hydrogen) atoms. The molecule has 0 saturated carbocycles. The molecule has 0 bridgehead atoms. The average Bonchev–Trinajstić information content (AvgIpc) is 3.24. The summed E-state index contributed by atoms with van der Waals surface area (Å²) in [5.74, 6) is 1.33. The van der Waals surface area contributed by atoms with Gasteiger partial charge in [-0.05, 0) is 18.4 Å². The van der Waals surface area contributed by atoms with E-state index in [2.05, 4.69) is 14.9 Å². The molecule has 3 aliphatic rings. The molecule has 0 radical (unpaired) electrons. The van der Waals surface area contributed by atoms with Crippen molar-refractivity contribution in [1.82, 2.24) is 15.0 Å². The predicted octanol–water partition coefficient (Wildman–Crippen LogP) is 0.339. The zero-order valence-corrected chi connectivity index (χ0v) is 12.4. The van der Waals surface area contributed by atoms with Crippen LogP contribution in [0.2, 0.25) is 0 Å². The van der Waals surface area contributed by atoms with E-state index in [4.69, 9.17) is 9.57 Å². The van der Waals surface area contributed by atoms with Crippen molar-refractivity contribution < 1.29 is 14.4 Å². The normalized spacial score (nSPS) is 31.4. The van der Waals surface area contributed by atoms with Gasteiger partial charge in [-0.2, -0.15) is 0 Å². The number of carbonyl (C=O) groups excluding carboxylic acids is 1. The molecule has 0 aromatic carbocycles. The summed E-state index contributed by atoms with van der Waals surface area (Å²) in [6.07, 6.45) is 4.42. The summed E-state index contributed by atoms with van der Waals surface area (Å²) in [4.78, 5) is 28.9. The number of aromatic nitrogens is 2. The van der Waals surface area contributed by atoms with Crippen molar-refractivity contribution in [2.24, 2.45) is 17.8 Å². The Bertz CT molecular complexity index is 535. The van der Waals surface area contributed by atoms with E-state index in [-0.39, 0.29) is 17.7 Å². The van der Waals surface area contributed by atoms with Crippen molar-refractivity contribution in [3.05, 3.63) is 18.5 Å². The second kappa shape index (κ2) is 5.81. The number of amides is 1. The topological polar surface area (TPSA) is 67.8 Å². The molecule has 0 aliphatic carbocycles. The van der Waals surface area contributed by atoms with Crippen molar-refractivity contribution >= 4 is 11.9 Å². The van der Waals surface area contributed by atoms with Gasteiger partial charge in [0.25, 0.3) is 5.91 Å². The zero-order valence-electron chi connectivity index (χ0n) is 12.4. The van der Waals surface area contributed by atoms with Crippen LogP contribution in [0.1, 0.15) is 6.42 Å². The summed E-state index contributed by atoms with van der Waals surface area (Å²) in [5.41, 5.74) is 0. The third kappa shape index (κ3) is 2.44. The maximum atomic E-state index is 12.7. The summed E-state index contributed by atoms with van der Waals surface area (Å²) in [5, 5.41) is 1.53. The monoisotopic (exact) mass is 304 g/mol. The van der Waals surface area contributed by atoms with Crippen LogP contribution in [0, 0.1) is 17.8 Å². The first kappa shape index (κ1) is 13.9. The molecule has 0 spiro atoms. The molecular weight excluding hydrogens is 284 g/mol. The maximum Gasteiger partial charge on any atom is 0.251 e. The lowest BCUT2D eigenvalue weighted by atomic mass is 9.82. The fraction of sp³-hybridized carbons (Fsp3) is 0.667. The molecule has 3 saturated heterocycles. The van der Waals surface area contributed by atoms with Gasteiger partial charge >= 0.3 is 0 Å². The van der Waals surface area contributed by atoms with E-state index >= 15 is 0 Å². The Hall–Kier alpha value is -1.73. The van der Waals surface area contributed by atoms with Gasteiger partial charge < -0.3 is 9.64 Å². The Balaban J connectivity index is 1.50. The molecule has 118 valence electrons. The summed E-state index contributed by atoms with van der Waals surface area (Å²) in [6, 6.07) is 1.81. The number of fused-ring (bicyclic) bond motifs is 1. The molecule has 4 heterocycles. The van der Waals surface area contributed by atoms with Crippen LogP contribution in [0.15, 0.2) is 18.5 Å². The van der Waals surface area contributed by atoms with Gasteiger partial charge in [-0.15, -0.1) is 0 Å². The number of rotatable bonds is 2. The fourth-order valence-corrected chi connectivity index (χ4v) is 3.68. The number of ether oxygens (including phenoxy) is 1. The molecule has 1 aromatic heterocycles. The predicted molar refractivity (Wildman–Crippen MR) is 77.8 cm³/mol. The van der Waals surface area contributed by atoms with E-state index in [1.165, 1.54) is 5.06 Å². The number of hydrogen-bond acceptors (Lipinski definition) is 6. The average molecular weight is 304 g/mol. The molecule has 1 aromatic rings. The van der Waals surface area contributed by atoms with Gasteiger partial charge in [-0.1, -0.05) is 0 Å². The molecule has 3 fully saturated rings. The number of carbonyl (C=O) groups is 1. The Morgan fingerprint density at radius 2 is 2.09 bits per heavy atom. The van der Waals surface area contributed by atoms with E-state index in [1.807, 2.05) is 6.07 Å². The standard InChI is InChI=1S/C15H20N4O3/c20-14(19-5-2-6-22-19)13-10-21-9-11-7-18(8-12(11)13)15-16-3-1-4-17-15/h1,3-4,11-13H,2,5-10H2/t11-,12-,13-/m1/s1. The van der Waals surface area contributed by atoms with E-state index in [1.54, 1.807) is 12.4 Å². The quantitative estimate of drug-likeness (QED) is 0.785. The smallest absolute Gasteiger partial charge is 0.251 e. The Morgan fingerprint density at radius 3 is 2.86 bits per heavy atom. The SMILES string of the molecule is O=C([C@@H]1COC[C@H]2CN(c3ncccn3)C[C@H]21)N1CCCO1. The van der Waals surface area contributed by atoms with Crippen LogP contribution < -0.4 is 4.90 Å². The number of hydrogen-bond donors (Lipinski definition) is 0.